The molecule has 4 heteroatoms. The first-order valence-electron chi connectivity index (χ1n) is 7.91. The van der Waals surface area contributed by atoms with Crippen LogP contribution in [0.5, 0.6) is 5.75 Å². The van der Waals surface area contributed by atoms with Crippen LogP contribution >= 0.6 is 0 Å². The van der Waals surface area contributed by atoms with E-state index in [4.69, 9.17) is 9.47 Å². The van der Waals surface area contributed by atoms with Gasteiger partial charge in [0.15, 0.2) is 0 Å². The van der Waals surface area contributed by atoms with Crippen LogP contribution in [-0.2, 0) is 22.6 Å². The van der Waals surface area contributed by atoms with Crippen LogP contribution in [0.4, 0.5) is 5.69 Å². The summed E-state index contributed by atoms with van der Waals surface area (Å²) in [6.45, 7) is 4.51. The second kappa shape index (κ2) is 8.22. The standard InChI is InChI=1S/C17H17NO3.C2H6/c1-20-17(19)15-10-13-14(18-15)8-5-9-16(13)21-11-12-6-3-2-4-7-12;1-2/h2-9,15,18H,10-11H2,1H3;1-2H3. The van der Waals surface area contributed by atoms with Crippen LogP contribution in [0.15, 0.2) is 48.5 Å². The fourth-order valence-corrected chi connectivity index (χ4v) is 2.51. The van der Waals surface area contributed by atoms with E-state index in [9.17, 15) is 4.79 Å². The molecule has 1 aliphatic heterocycles. The van der Waals surface area contributed by atoms with Crippen molar-refractivity contribution in [2.24, 2.45) is 0 Å². The first kappa shape index (κ1) is 16.9. The third-order valence-corrected chi connectivity index (χ3v) is 3.59. The number of nitrogens with one attached hydrogen (secondary N) is 1. The maximum atomic E-state index is 11.6. The summed E-state index contributed by atoms with van der Waals surface area (Å²) in [6.07, 6.45) is 0.590. The van der Waals surface area contributed by atoms with Crippen molar-refractivity contribution in [3.63, 3.8) is 0 Å². The molecule has 3 rings (SSSR count). The molecule has 0 aromatic heterocycles. The number of benzene rings is 2. The van der Waals surface area contributed by atoms with Gasteiger partial charge in [-0.15, -0.1) is 0 Å². The molecule has 0 fully saturated rings. The number of hydrogen-bond acceptors (Lipinski definition) is 4. The number of esters is 1. The van der Waals surface area contributed by atoms with Crippen LogP contribution in [0.25, 0.3) is 0 Å². The molecule has 2 aromatic carbocycles. The second-order valence-corrected chi connectivity index (χ2v) is 4.98. The molecule has 0 radical (unpaired) electrons. The summed E-state index contributed by atoms with van der Waals surface area (Å²) in [5, 5.41) is 3.17. The first-order valence-corrected chi connectivity index (χ1v) is 7.91. The third kappa shape index (κ3) is 4.03. The fourth-order valence-electron chi connectivity index (χ4n) is 2.51. The van der Waals surface area contributed by atoms with Crippen molar-refractivity contribution >= 4 is 11.7 Å². The van der Waals surface area contributed by atoms with E-state index in [2.05, 4.69) is 5.32 Å². The summed E-state index contributed by atoms with van der Waals surface area (Å²) >= 11 is 0. The van der Waals surface area contributed by atoms with E-state index in [0.29, 0.717) is 13.0 Å². The fraction of sp³-hybridized carbons (Fsp3) is 0.316. The van der Waals surface area contributed by atoms with Gasteiger partial charge in [0.25, 0.3) is 0 Å². The zero-order chi connectivity index (χ0) is 16.7. The predicted molar refractivity (Wildman–Crippen MR) is 91.7 cm³/mol. The molecule has 0 aliphatic carbocycles. The maximum Gasteiger partial charge on any atom is 0.328 e. The monoisotopic (exact) mass is 313 g/mol. The van der Waals surface area contributed by atoms with Gasteiger partial charge in [0, 0.05) is 17.7 Å². The molecule has 2 aromatic rings. The zero-order valence-electron chi connectivity index (χ0n) is 13.8. The van der Waals surface area contributed by atoms with Crippen LogP contribution in [0.1, 0.15) is 25.0 Å². The van der Waals surface area contributed by atoms with Crippen molar-refractivity contribution in [1.29, 1.82) is 0 Å². The molecule has 1 heterocycles. The number of methoxy groups -OCH3 is 1. The SMILES string of the molecule is CC.COC(=O)C1Cc2c(cccc2OCc2ccccc2)N1. The minimum absolute atomic E-state index is 0.250. The van der Waals surface area contributed by atoms with Gasteiger partial charge in [-0.25, -0.2) is 4.79 Å². The molecule has 4 nitrogen and oxygen atoms in total. The summed E-state index contributed by atoms with van der Waals surface area (Å²) < 4.78 is 10.7. The lowest BCUT2D eigenvalue weighted by atomic mass is 10.1. The van der Waals surface area contributed by atoms with Crippen molar-refractivity contribution in [3.8, 4) is 5.75 Å². The lowest BCUT2D eigenvalue weighted by Gasteiger charge is -2.10. The van der Waals surface area contributed by atoms with E-state index in [1.165, 1.54) is 7.11 Å². The maximum absolute atomic E-state index is 11.6. The largest absolute Gasteiger partial charge is 0.489 e. The average molecular weight is 313 g/mol. The zero-order valence-corrected chi connectivity index (χ0v) is 13.8. The Labute approximate surface area is 137 Å². The minimum Gasteiger partial charge on any atom is -0.489 e. The smallest absolute Gasteiger partial charge is 0.328 e. The first-order chi connectivity index (χ1) is 11.3. The number of fused-ring (bicyclic) bond motifs is 1. The van der Waals surface area contributed by atoms with Crippen molar-refractivity contribution in [3.05, 3.63) is 59.7 Å². The quantitative estimate of drug-likeness (QED) is 0.872. The van der Waals surface area contributed by atoms with E-state index >= 15 is 0 Å². The molecule has 1 atom stereocenters. The minimum atomic E-state index is -0.327. The molecule has 0 saturated heterocycles. The molecule has 122 valence electrons. The highest BCUT2D eigenvalue weighted by Gasteiger charge is 2.29. The average Bonchev–Trinajstić information content (AvgIpc) is 3.06. The Morgan fingerprint density at radius 1 is 1.13 bits per heavy atom. The van der Waals surface area contributed by atoms with Gasteiger partial charge in [-0.3, -0.25) is 0 Å². The highest BCUT2D eigenvalue weighted by molar-refractivity contribution is 5.83. The van der Waals surface area contributed by atoms with Crippen molar-refractivity contribution in [2.45, 2.75) is 32.9 Å². The summed E-state index contributed by atoms with van der Waals surface area (Å²) in [5.41, 5.74) is 3.09. The van der Waals surface area contributed by atoms with Gasteiger partial charge >= 0.3 is 5.97 Å². The van der Waals surface area contributed by atoms with Gasteiger partial charge in [0.05, 0.1) is 7.11 Å². The normalized spacial score (nSPS) is 14.8. The van der Waals surface area contributed by atoms with Gasteiger partial charge in [-0.05, 0) is 17.7 Å². The van der Waals surface area contributed by atoms with E-state index in [1.807, 2.05) is 62.4 Å². The summed E-state index contributed by atoms with van der Waals surface area (Å²) in [7, 11) is 1.40. The van der Waals surface area contributed by atoms with Gasteiger partial charge in [0.1, 0.15) is 18.4 Å². The van der Waals surface area contributed by atoms with E-state index in [-0.39, 0.29) is 12.0 Å². The van der Waals surface area contributed by atoms with Crippen LogP contribution < -0.4 is 10.1 Å². The van der Waals surface area contributed by atoms with Crippen LogP contribution in [-0.4, -0.2) is 19.1 Å². The van der Waals surface area contributed by atoms with E-state index in [1.54, 1.807) is 0 Å². The Kier molecular flexibility index (Phi) is 6.03. The molecule has 1 N–H and O–H groups in total. The number of hydrogen-bond donors (Lipinski definition) is 1. The Bertz CT molecular complexity index is 640. The van der Waals surface area contributed by atoms with Gasteiger partial charge in [0.2, 0.25) is 0 Å². The number of carbonyl (C=O) groups excluding carboxylic acids is 1. The van der Waals surface area contributed by atoms with Gasteiger partial charge in [-0.2, -0.15) is 0 Å². The number of rotatable bonds is 4. The summed E-state index contributed by atoms with van der Waals surface area (Å²) in [6, 6.07) is 15.5. The Morgan fingerprint density at radius 2 is 1.87 bits per heavy atom. The van der Waals surface area contributed by atoms with Crippen LogP contribution in [0.3, 0.4) is 0 Å². The molecule has 23 heavy (non-hydrogen) atoms. The molecule has 0 spiro atoms. The van der Waals surface area contributed by atoms with Gasteiger partial charge in [-0.1, -0.05) is 50.2 Å². The molecule has 1 unspecified atom stereocenters. The van der Waals surface area contributed by atoms with Crippen LogP contribution in [0.2, 0.25) is 0 Å². The van der Waals surface area contributed by atoms with E-state index < -0.39 is 0 Å². The molecular weight excluding hydrogens is 290 g/mol. The molecular formula is C19H23NO3. The van der Waals surface area contributed by atoms with Crippen molar-refractivity contribution in [2.75, 3.05) is 12.4 Å². The van der Waals surface area contributed by atoms with Crippen molar-refractivity contribution < 1.29 is 14.3 Å². The highest BCUT2D eigenvalue weighted by Crippen LogP contribution is 2.34. The lowest BCUT2D eigenvalue weighted by Crippen LogP contribution is -2.27. The van der Waals surface area contributed by atoms with E-state index in [0.717, 1.165) is 22.6 Å². The van der Waals surface area contributed by atoms with Gasteiger partial charge < -0.3 is 14.8 Å². The Morgan fingerprint density at radius 3 is 2.57 bits per heavy atom. The highest BCUT2D eigenvalue weighted by atomic mass is 16.5. The second-order valence-electron chi connectivity index (χ2n) is 4.98. The molecule has 0 saturated carbocycles. The van der Waals surface area contributed by atoms with Crippen molar-refractivity contribution in [1.82, 2.24) is 0 Å². The number of anilines is 1. The molecule has 1 aliphatic rings. The summed E-state index contributed by atoms with van der Waals surface area (Å²) in [4.78, 5) is 11.6. The van der Waals surface area contributed by atoms with Crippen LogP contribution in [0, 0.1) is 0 Å². The third-order valence-electron chi connectivity index (χ3n) is 3.59. The predicted octanol–water partition coefficient (Wildman–Crippen LogP) is 3.80. The number of ether oxygens (including phenoxy) is 2. The Balaban J connectivity index is 0.000000924. The summed E-state index contributed by atoms with van der Waals surface area (Å²) in [5.74, 6) is 0.565. The lowest BCUT2D eigenvalue weighted by molar-refractivity contribution is -0.141. The molecule has 0 amide bonds. The molecule has 0 bridgehead atoms. The topological polar surface area (TPSA) is 47.6 Å². The Hall–Kier alpha value is -2.49. The number of carbonyl (C=O) groups is 1.